The molecule has 1 aliphatic rings. The quantitative estimate of drug-likeness (QED) is 0.645. The van der Waals surface area contributed by atoms with Gasteiger partial charge in [0, 0.05) is 20.3 Å². The standard InChI is InChI=1S/C14H15N3O3/c1-9-5-4-6-10(7-9)17-13(19)11(8-16(2)3)12(18)15-14(17)20/h4-8H,1-3H3,(H,15,18,20). The van der Waals surface area contributed by atoms with Crippen molar-refractivity contribution in [1.82, 2.24) is 10.2 Å². The molecule has 2 rings (SSSR count). The van der Waals surface area contributed by atoms with Gasteiger partial charge in [0.25, 0.3) is 11.8 Å². The minimum Gasteiger partial charge on any atom is -0.383 e. The molecule has 0 saturated carbocycles. The van der Waals surface area contributed by atoms with E-state index in [0.29, 0.717) is 5.69 Å². The number of benzene rings is 1. The van der Waals surface area contributed by atoms with Crippen LogP contribution in [0.3, 0.4) is 0 Å². The fraction of sp³-hybridized carbons (Fsp3) is 0.214. The predicted octanol–water partition coefficient (Wildman–Crippen LogP) is 1.02. The lowest BCUT2D eigenvalue weighted by Gasteiger charge is -2.27. The highest BCUT2D eigenvalue weighted by atomic mass is 16.2. The zero-order chi connectivity index (χ0) is 14.9. The van der Waals surface area contributed by atoms with Gasteiger partial charge in [0.05, 0.1) is 5.69 Å². The number of imide groups is 2. The Bertz CT molecular complexity index is 620. The normalized spacial score (nSPS) is 17.4. The molecule has 0 unspecified atom stereocenters. The zero-order valence-corrected chi connectivity index (χ0v) is 11.5. The van der Waals surface area contributed by atoms with Crippen LogP contribution in [0.4, 0.5) is 10.5 Å². The van der Waals surface area contributed by atoms with Gasteiger partial charge in [-0.1, -0.05) is 12.1 Å². The van der Waals surface area contributed by atoms with Gasteiger partial charge in [-0.3, -0.25) is 14.9 Å². The van der Waals surface area contributed by atoms with Crippen LogP contribution in [0.2, 0.25) is 0 Å². The van der Waals surface area contributed by atoms with Gasteiger partial charge < -0.3 is 4.90 Å². The Morgan fingerprint density at radius 3 is 2.50 bits per heavy atom. The van der Waals surface area contributed by atoms with Gasteiger partial charge in [0.1, 0.15) is 5.57 Å². The van der Waals surface area contributed by atoms with Crippen LogP contribution in [0, 0.1) is 6.92 Å². The highest BCUT2D eigenvalue weighted by Crippen LogP contribution is 2.21. The molecule has 1 aromatic rings. The number of carbonyl (C=O) groups excluding carboxylic acids is 3. The summed E-state index contributed by atoms with van der Waals surface area (Å²) in [6.45, 7) is 1.86. The third kappa shape index (κ3) is 2.54. The second-order valence-electron chi connectivity index (χ2n) is 4.75. The summed E-state index contributed by atoms with van der Waals surface area (Å²) in [4.78, 5) is 38.5. The fourth-order valence-corrected chi connectivity index (χ4v) is 1.90. The molecule has 0 radical (unpaired) electrons. The number of urea groups is 1. The lowest BCUT2D eigenvalue weighted by Crippen LogP contribution is -2.54. The Morgan fingerprint density at radius 1 is 1.20 bits per heavy atom. The number of barbiturate groups is 1. The van der Waals surface area contributed by atoms with Gasteiger partial charge in [0.2, 0.25) is 0 Å². The molecule has 0 spiro atoms. The molecule has 0 atom stereocenters. The van der Waals surface area contributed by atoms with Gasteiger partial charge in [0.15, 0.2) is 0 Å². The van der Waals surface area contributed by atoms with E-state index in [0.717, 1.165) is 10.5 Å². The highest BCUT2D eigenvalue weighted by Gasteiger charge is 2.36. The van der Waals surface area contributed by atoms with Crippen LogP contribution >= 0.6 is 0 Å². The Kier molecular flexibility index (Phi) is 3.56. The number of hydrogen-bond donors (Lipinski definition) is 1. The molecule has 6 nitrogen and oxygen atoms in total. The summed E-state index contributed by atoms with van der Waals surface area (Å²) in [6.07, 6.45) is 1.40. The lowest BCUT2D eigenvalue weighted by molar-refractivity contribution is -0.122. The van der Waals surface area contributed by atoms with Crippen molar-refractivity contribution in [1.29, 1.82) is 0 Å². The van der Waals surface area contributed by atoms with Crippen molar-refractivity contribution in [3.63, 3.8) is 0 Å². The maximum atomic E-state index is 12.3. The summed E-state index contributed by atoms with van der Waals surface area (Å²) < 4.78 is 0. The molecular formula is C14H15N3O3. The molecule has 6 heteroatoms. The number of aryl methyl sites for hydroxylation is 1. The Balaban J connectivity index is 2.45. The zero-order valence-electron chi connectivity index (χ0n) is 11.5. The number of nitrogens with zero attached hydrogens (tertiary/aromatic N) is 2. The van der Waals surface area contributed by atoms with Crippen LogP contribution in [0.5, 0.6) is 0 Å². The van der Waals surface area contributed by atoms with Gasteiger partial charge in [-0.25, -0.2) is 9.69 Å². The first-order valence-electron chi connectivity index (χ1n) is 6.05. The second-order valence-corrected chi connectivity index (χ2v) is 4.75. The van der Waals surface area contributed by atoms with E-state index in [1.165, 1.54) is 6.20 Å². The first-order chi connectivity index (χ1) is 9.40. The predicted molar refractivity (Wildman–Crippen MR) is 74.0 cm³/mol. The van der Waals surface area contributed by atoms with Crippen molar-refractivity contribution in [3.05, 3.63) is 41.6 Å². The smallest absolute Gasteiger partial charge is 0.335 e. The van der Waals surface area contributed by atoms with Gasteiger partial charge in [-0.15, -0.1) is 0 Å². The number of amides is 4. The molecule has 1 aliphatic heterocycles. The van der Waals surface area contributed by atoms with E-state index in [9.17, 15) is 14.4 Å². The number of anilines is 1. The van der Waals surface area contributed by atoms with Gasteiger partial charge >= 0.3 is 6.03 Å². The minimum atomic E-state index is -0.735. The topological polar surface area (TPSA) is 69.7 Å². The summed E-state index contributed by atoms with van der Waals surface area (Å²) >= 11 is 0. The van der Waals surface area contributed by atoms with E-state index in [-0.39, 0.29) is 5.57 Å². The Labute approximate surface area is 116 Å². The molecule has 0 aliphatic carbocycles. The van der Waals surface area contributed by atoms with Crippen molar-refractivity contribution >= 4 is 23.5 Å². The third-order valence-corrected chi connectivity index (χ3v) is 2.75. The molecule has 1 fully saturated rings. The SMILES string of the molecule is Cc1cccc(N2C(=O)NC(=O)C(=CN(C)C)C2=O)c1. The molecule has 1 saturated heterocycles. The summed E-state index contributed by atoms with van der Waals surface area (Å²) in [7, 11) is 3.39. The summed E-state index contributed by atoms with van der Waals surface area (Å²) in [6, 6.07) is 6.23. The van der Waals surface area contributed by atoms with Crippen LogP contribution in [0.15, 0.2) is 36.0 Å². The number of nitrogens with one attached hydrogen (secondary N) is 1. The van der Waals surface area contributed by atoms with E-state index < -0.39 is 17.8 Å². The summed E-state index contributed by atoms with van der Waals surface area (Å²) in [5.74, 6) is -1.31. The van der Waals surface area contributed by atoms with Crippen LogP contribution in [-0.2, 0) is 9.59 Å². The first kappa shape index (κ1) is 13.8. The summed E-state index contributed by atoms with van der Waals surface area (Å²) in [5.41, 5.74) is 1.28. The van der Waals surface area contributed by atoms with E-state index in [4.69, 9.17) is 0 Å². The van der Waals surface area contributed by atoms with Crippen LogP contribution in [0.25, 0.3) is 0 Å². The Hall–Kier alpha value is -2.63. The Morgan fingerprint density at radius 2 is 1.90 bits per heavy atom. The molecular weight excluding hydrogens is 258 g/mol. The van der Waals surface area contributed by atoms with Crippen molar-refractivity contribution in [2.45, 2.75) is 6.92 Å². The lowest BCUT2D eigenvalue weighted by atomic mass is 10.1. The van der Waals surface area contributed by atoms with Crippen molar-refractivity contribution in [3.8, 4) is 0 Å². The molecule has 1 N–H and O–H groups in total. The van der Waals surface area contributed by atoms with Gasteiger partial charge in [-0.2, -0.15) is 0 Å². The maximum Gasteiger partial charge on any atom is 0.335 e. The first-order valence-corrected chi connectivity index (χ1v) is 6.05. The fourth-order valence-electron chi connectivity index (χ4n) is 1.90. The van der Waals surface area contributed by atoms with Crippen molar-refractivity contribution in [2.24, 2.45) is 0 Å². The maximum absolute atomic E-state index is 12.3. The molecule has 1 heterocycles. The number of hydrogen-bond acceptors (Lipinski definition) is 4. The highest BCUT2D eigenvalue weighted by molar-refractivity contribution is 6.37. The van der Waals surface area contributed by atoms with E-state index in [1.807, 2.05) is 13.0 Å². The molecule has 20 heavy (non-hydrogen) atoms. The van der Waals surface area contributed by atoms with Crippen LogP contribution in [-0.4, -0.2) is 36.8 Å². The van der Waals surface area contributed by atoms with Gasteiger partial charge in [-0.05, 0) is 24.6 Å². The molecule has 1 aromatic carbocycles. The second kappa shape index (κ2) is 5.16. The molecule has 0 aromatic heterocycles. The third-order valence-electron chi connectivity index (χ3n) is 2.75. The van der Waals surface area contributed by atoms with E-state index in [1.54, 1.807) is 37.2 Å². The number of rotatable bonds is 2. The number of carbonyl (C=O) groups is 3. The molecule has 0 bridgehead atoms. The minimum absolute atomic E-state index is 0.0730. The molecule has 104 valence electrons. The van der Waals surface area contributed by atoms with E-state index in [2.05, 4.69) is 5.32 Å². The average molecular weight is 273 g/mol. The van der Waals surface area contributed by atoms with Crippen molar-refractivity contribution in [2.75, 3.05) is 19.0 Å². The average Bonchev–Trinajstić information content (AvgIpc) is 2.34. The van der Waals surface area contributed by atoms with Crippen LogP contribution < -0.4 is 10.2 Å². The monoisotopic (exact) mass is 273 g/mol. The van der Waals surface area contributed by atoms with E-state index >= 15 is 0 Å². The van der Waals surface area contributed by atoms with Crippen molar-refractivity contribution < 1.29 is 14.4 Å². The summed E-state index contributed by atoms with van der Waals surface area (Å²) in [5, 5.41) is 2.17. The largest absolute Gasteiger partial charge is 0.383 e. The molecule has 4 amide bonds. The van der Waals surface area contributed by atoms with Crippen LogP contribution in [0.1, 0.15) is 5.56 Å².